The number of anilines is 1. The Labute approximate surface area is 234 Å². The molecule has 0 aliphatic carbocycles. The van der Waals surface area contributed by atoms with E-state index in [-0.39, 0.29) is 10.9 Å². The van der Waals surface area contributed by atoms with Crippen molar-refractivity contribution < 1.29 is 9.21 Å². The number of carbonyl (C=O) groups is 1. The standard InChI is InChI=1S/C28H23Cl2N5O2S/c1-15(2)17-4-7-19(8-5-17)35-33-23-12-16(3)22(14-24(23)34-35)31-28(38)32-27(36)26-11-10-25(37-26)20-13-18(29)6-9-21(20)30/h4-15H,1-3H3,(H2,31,32,36,38). The van der Waals surface area contributed by atoms with Gasteiger partial charge in [0.25, 0.3) is 5.91 Å². The first-order valence-electron chi connectivity index (χ1n) is 11.8. The van der Waals surface area contributed by atoms with Crippen molar-refractivity contribution in [2.75, 3.05) is 5.32 Å². The molecular weight excluding hydrogens is 541 g/mol. The first-order valence-corrected chi connectivity index (χ1v) is 13.0. The highest BCUT2D eigenvalue weighted by molar-refractivity contribution is 7.80. The van der Waals surface area contributed by atoms with Gasteiger partial charge in [0, 0.05) is 16.3 Å². The number of benzene rings is 3. The predicted molar refractivity (Wildman–Crippen MR) is 156 cm³/mol. The van der Waals surface area contributed by atoms with Crippen molar-refractivity contribution in [1.82, 2.24) is 20.3 Å². The molecule has 38 heavy (non-hydrogen) atoms. The number of thiocarbonyl (C=S) groups is 1. The summed E-state index contributed by atoms with van der Waals surface area (Å²) in [5, 5.41) is 16.0. The number of aromatic nitrogens is 3. The summed E-state index contributed by atoms with van der Waals surface area (Å²) < 4.78 is 5.70. The highest BCUT2D eigenvalue weighted by atomic mass is 35.5. The average Bonchev–Trinajstić information content (AvgIpc) is 3.53. The highest BCUT2D eigenvalue weighted by Gasteiger charge is 2.17. The van der Waals surface area contributed by atoms with Gasteiger partial charge in [-0.2, -0.15) is 4.80 Å². The van der Waals surface area contributed by atoms with Crippen LogP contribution in [-0.2, 0) is 0 Å². The second-order valence-electron chi connectivity index (χ2n) is 9.09. The zero-order chi connectivity index (χ0) is 27.0. The third kappa shape index (κ3) is 5.43. The summed E-state index contributed by atoms with van der Waals surface area (Å²) in [7, 11) is 0. The molecule has 10 heteroatoms. The minimum atomic E-state index is -0.499. The van der Waals surface area contributed by atoms with Gasteiger partial charge < -0.3 is 9.73 Å². The van der Waals surface area contributed by atoms with E-state index >= 15 is 0 Å². The molecule has 0 radical (unpaired) electrons. The molecule has 2 aromatic heterocycles. The maximum Gasteiger partial charge on any atom is 0.293 e. The van der Waals surface area contributed by atoms with Crippen LogP contribution in [0.3, 0.4) is 0 Å². The number of hydrogen-bond donors (Lipinski definition) is 2. The maximum absolute atomic E-state index is 12.7. The van der Waals surface area contributed by atoms with Crippen LogP contribution >= 0.6 is 35.4 Å². The summed E-state index contributed by atoms with van der Waals surface area (Å²) in [5.74, 6) is 0.454. The molecule has 0 spiro atoms. The lowest BCUT2D eigenvalue weighted by Gasteiger charge is -2.11. The van der Waals surface area contributed by atoms with Crippen LogP contribution in [0.5, 0.6) is 0 Å². The molecule has 0 atom stereocenters. The average molecular weight is 564 g/mol. The van der Waals surface area contributed by atoms with Crippen molar-refractivity contribution in [3.63, 3.8) is 0 Å². The van der Waals surface area contributed by atoms with Crippen molar-refractivity contribution in [2.24, 2.45) is 0 Å². The Bertz CT molecular complexity index is 1670. The number of nitrogens with one attached hydrogen (secondary N) is 2. The molecule has 0 aliphatic rings. The minimum Gasteiger partial charge on any atom is -0.451 e. The third-order valence-electron chi connectivity index (χ3n) is 6.02. The molecule has 7 nitrogen and oxygen atoms in total. The number of hydrogen-bond acceptors (Lipinski definition) is 5. The number of amides is 1. The molecule has 0 aliphatic heterocycles. The molecular formula is C28H23Cl2N5O2S. The number of halogens is 2. The molecule has 0 bridgehead atoms. The minimum absolute atomic E-state index is 0.0822. The van der Waals surface area contributed by atoms with Gasteiger partial charge in [-0.05, 0) is 90.8 Å². The first kappa shape index (κ1) is 25.9. The van der Waals surface area contributed by atoms with Gasteiger partial charge >= 0.3 is 0 Å². The highest BCUT2D eigenvalue weighted by Crippen LogP contribution is 2.32. The molecule has 2 N–H and O–H groups in total. The molecule has 192 valence electrons. The lowest BCUT2D eigenvalue weighted by Crippen LogP contribution is -2.34. The Morgan fingerprint density at radius 1 is 0.974 bits per heavy atom. The molecule has 5 rings (SSSR count). The zero-order valence-corrected chi connectivity index (χ0v) is 23.1. The number of nitrogens with zero attached hydrogens (tertiary/aromatic N) is 3. The second kappa shape index (κ2) is 10.6. The monoisotopic (exact) mass is 563 g/mol. The number of carbonyl (C=O) groups excluding carboxylic acids is 1. The molecule has 2 heterocycles. The van der Waals surface area contributed by atoms with Gasteiger partial charge in [0.1, 0.15) is 16.8 Å². The van der Waals surface area contributed by atoms with Crippen LogP contribution in [0.4, 0.5) is 5.69 Å². The van der Waals surface area contributed by atoms with Gasteiger partial charge in [-0.1, -0.05) is 49.2 Å². The van der Waals surface area contributed by atoms with Gasteiger partial charge in [0.05, 0.1) is 10.7 Å². The number of aryl methyl sites for hydroxylation is 1. The number of rotatable bonds is 5. The van der Waals surface area contributed by atoms with Crippen molar-refractivity contribution in [2.45, 2.75) is 26.7 Å². The van der Waals surface area contributed by atoms with E-state index in [1.165, 1.54) is 5.56 Å². The van der Waals surface area contributed by atoms with E-state index in [0.717, 1.165) is 16.8 Å². The van der Waals surface area contributed by atoms with Crippen LogP contribution in [-0.4, -0.2) is 26.0 Å². The fourth-order valence-electron chi connectivity index (χ4n) is 3.92. The molecule has 0 fully saturated rings. The Morgan fingerprint density at radius 2 is 1.68 bits per heavy atom. The van der Waals surface area contributed by atoms with Crippen molar-refractivity contribution in [3.05, 3.63) is 93.7 Å². The van der Waals surface area contributed by atoms with E-state index in [2.05, 4.69) is 46.8 Å². The summed E-state index contributed by atoms with van der Waals surface area (Å²) >= 11 is 17.7. The summed E-state index contributed by atoms with van der Waals surface area (Å²) in [6, 6.07) is 20.2. The van der Waals surface area contributed by atoms with Gasteiger partial charge in [-0.25, -0.2) is 0 Å². The lowest BCUT2D eigenvalue weighted by atomic mass is 10.0. The van der Waals surface area contributed by atoms with Crippen LogP contribution in [0.15, 0.2) is 71.1 Å². The van der Waals surface area contributed by atoms with Crippen LogP contribution in [0, 0.1) is 6.92 Å². The summed E-state index contributed by atoms with van der Waals surface area (Å²) in [6.07, 6.45) is 0. The van der Waals surface area contributed by atoms with E-state index in [1.54, 1.807) is 35.1 Å². The van der Waals surface area contributed by atoms with Crippen molar-refractivity contribution in [1.29, 1.82) is 0 Å². The molecule has 0 saturated carbocycles. The number of fused-ring (bicyclic) bond motifs is 1. The van der Waals surface area contributed by atoms with Crippen LogP contribution < -0.4 is 10.6 Å². The van der Waals surface area contributed by atoms with Gasteiger partial charge in [0.15, 0.2) is 10.9 Å². The molecule has 3 aromatic carbocycles. The summed E-state index contributed by atoms with van der Waals surface area (Å²) in [5.41, 5.74) is 5.75. The fraction of sp³-hybridized carbons (Fsp3) is 0.143. The SMILES string of the molecule is Cc1cc2nn(-c3ccc(C(C)C)cc3)nc2cc1NC(=S)NC(=O)c1ccc(-c2cc(Cl)ccc2Cl)o1. The summed E-state index contributed by atoms with van der Waals surface area (Å²) in [6.45, 7) is 6.24. The van der Waals surface area contributed by atoms with Crippen molar-refractivity contribution in [3.8, 4) is 17.0 Å². The normalized spacial score (nSPS) is 11.2. The Balaban J connectivity index is 1.29. The Morgan fingerprint density at radius 3 is 2.39 bits per heavy atom. The third-order valence-corrected chi connectivity index (χ3v) is 6.78. The number of furan rings is 1. The van der Waals surface area contributed by atoms with Crippen LogP contribution in [0.25, 0.3) is 28.0 Å². The van der Waals surface area contributed by atoms with E-state index in [1.807, 2.05) is 31.2 Å². The first-order chi connectivity index (χ1) is 18.2. The van der Waals surface area contributed by atoms with Gasteiger partial charge in [0.2, 0.25) is 0 Å². The quantitative estimate of drug-likeness (QED) is 0.215. The van der Waals surface area contributed by atoms with E-state index < -0.39 is 5.91 Å². The van der Waals surface area contributed by atoms with E-state index in [9.17, 15) is 4.79 Å². The van der Waals surface area contributed by atoms with Crippen molar-refractivity contribution >= 4 is 63.2 Å². The summed E-state index contributed by atoms with van der Waals surface area (Å²) in [4.78, 5) is 14.4. The Kier molecular flexibility index (Phi) is 7.21. The predicted octanol–water partition coefficient (Wildman–Crippen LogP) is 7.55. The van der Waals surface area contributed by atoms with E-state index in [0.29, 0.717) is 38.5 Å². The molecule has 0 saturated heterocycles. The fourth-order valence-corrected chi connectivity index (χ4v) is 4.51. The Hall–Kier alpha value is -3.72. The van der Waals surface area contributed by atoms with Gasteiger partial charge in [-0.3, -0.25) is 10.1 Å². The largest absolute Gasteiger partial charge is 0.451 e. The zero-order valence-electron chi connectivity index (χ0n) is 20.8. The van der Waals surface area contributed by atoms with Crippen LogP contribution in [0.1, 0.15) is 41.4 Å². The van der Waals surface area contributed by atoms with Crippen LogP contribution in [0.2, 0.25) is 10.0 Å². The lowest BCUT2D eigenvalue weighted by molar-refractivity contribution is 0.0951. The van der Waals surface area contributed by atoms with Gasteiger partial charge in [-0.15, -0.1) is 10.2 Å². The molecule has 1 amide bonds. The smallest absolute Gasteiger partial charge is 0.293 e. The topological polar surface area (TPSA) is 85.0 Å². The van der Waals surface area contributed by atoms with E-state index in [4.69, 9.17) is 39.8 Å². The molecule has 5 aromatic rings. The molecule has 0 unspecified atom stereocenters. The second-order valence-corrected chi connectivity index (χ2v) is 10.3. The maximum atomic E-state index is 12.7.